The summed E-state index contributed by atoms with van der Waals surface area (Å²) in [7, 11) is 0. The molecule has 0 saturated heterocycles. The summed E-state index contributed by atoms with van der Waals surface area (Å²) < 4.78 is 38.1. The maximum atomic E-state index is 12.7. The summed E-state index contributed by atoms with van der Waals surface area (Å²) >= 11 is 0. The molecule has 1 aromatic heterocycles. The summed E-state index contributed by atoms with van der Waals surface area (Å²) in [4.78, 5) is 14.2. The molecular formula is C13H22F3N5O. The van der Waals surface area contributed by atoms with Gasteiger partial charge in [0.25, 0.3) is 11.7 Å². The Morgan fingerprint density at radius 1 is 1.09 bits per heavy atom. The standard InChI is InChI=1S/C13H22F3N5O/c1-11(2,3)7-20(8-13(14,15)16)10(22)9-17-19-21(18-9)12(4,5)6/h7-8H2,1-6H3. The van der Waals surface area contributed by atoms with Crippen LogP contribution < -0.4 is 0 Å². The average Bonchev–Trinajstić information content (AvgIpc) is 2.71. The first-order valence-electron chi connectivity index (χ1n) is 6.86. The number of rotatable bonds is 3. The Balaban J connectivity index is 3.03. The van der Waals surface area contributed by atoms with Gasteiger partial charge in [0.1, 0.15) is 6.54 Å². The summed E-state index contributed by atoms with van der Waals surface area (Å²) in [5.41, 5.74) is -0.995. The molecule has 0 fully saturated rings. The van der Waals surface area contributed by atoms with E-state index in [1.54, 1.807) is 41.5 Å². The Hall–Kier alpha value is -1.67. The zero-order valence-electron chi connectivity index (χ0n) is 13.7. The van der Waals surface area contributed by atoms with Crippen LogP contribution in [-0.2, 0) is 5.54 Å². The van der Waals surface area contributed by atoms with Gasteiger partial charge in [0, 0.05) is 6.54 Å². The van der Waals surface area contributed by atoms with Gasteiger partial charge in [0.05, 0.1) is 5.54 Å². The molecule has 0 aliphatic rings. The highest BCUT2D eigenvalue weighted by molar-refractivity contribution is 5.90. The van der Waals surface area contributed by atoms with Gasteiger partial charge < -0.3 is 4.90 Å². The van der Waals surface area contributed by atoms with Gasteiger partial charge in [-0.25, -0.2) is 0 Å². The fourth-order valence-electron chi connectivity index (χ4n) is 1.71. The summed E-state index contributed by atoms with van der Waals surface area (Å²) in [6, 6.07) is 0. The van der Waals surface area contributed by atoms with E-state index in [0.717, 1.165) is 0 Å². The van der Waals surface area contributed by atoms with Crippen molar-refractivity contribution in [1.29, 1.82) is 0 Å². The number of nitrogens with zero attached hydrogens (tertiary/aromatic N) is 5. The molecule has 9 heteroatoms. The maximum absolute atomic E-state index is 12.7. The average molecular weight is 321 g/mol. The fourth-order valence-corrected chi connectivity index (χ4v) is 1.71. The molecule has 1 rings (SSSR count). The van der Waals surface area contributed by atoms with Gasteiger partial charge >= 0.3 is 6.18 Å². The third kappa shape index (κ3) is 5.61. The van der Waals surface area contributed by atoms with Crippen LogP contribution in [0.3, 0.4) is 0 Å². The lowest BCUT2D eigenvalue weighted by Crippen LogP contribution is -2.43. The van der Waals surface area contributed by atoms with E-state index in [0.29, 0.717) is 4.90 Å². The molecule has 0 unspecified atom stereocenters. The van der Waals surface area contributed by atoms with E-state index in [1.165, 1.54) is 4.80 Å². The highest BCUT2D eigenvalue weighted by Crippen LogP contribution is 2.22. The van der Waals surface area contributed by atoms with E-state index >= 15 is 0 Å². The second-order valence-electron chi connectivity index (χ2n) is 7.41. The number of hydrogen-bond donors (Lipinski definition) is 0. The SMILES string of the molecule is CC(C)(C)CN(CC(F)(F)F)C(=O)c1nnn(C(C)(C)C)n1. The first-order chi connectivity index (χ1) is 9.69. The zero-order chi connectivity index (χ0) is 17.3. The topological polar surface area (TPSA) is 63.9 Å². The van der Waals surface area contributed by atoms with Crippen LogP contribution in [0.1, 0.15) is 52.2 Å². The van der Waals surface area contributed by atoms with Crippen molar-refractivity contribution in [3.63, 3.8) is 0 Å². The highest BCUT2D eigenvalue weighted by Gasteiger charge is 2.36. The zero-order valence-corrected chi connectivity index (χ0v) is 13.7. The van der Waals surface area contributed by atoms with E-state index < -0.39 is 29.6 Å². The number of carbonyl (C=O) groups excluding carboxylic acids is 1. The summed E-state index contributed by atoms with van der Waals surface area (Å²) in [5.74, 6) is -1.20. The molecular weight excluding hydrogens is 299 g/mol. The molecule has 0 radical (unpaired) electrons. The molecule has 1 amide bonds. The number of aromatic nitrogens is 4. The molecule has 0 atom stereocenters. The Bertz CT molecular complexity index is 509. The molecule has 0 spiro atoms. The number of halogens is 3. The van der Waals surface area contributed by atoms with Crippen molar-refractivity contribution in [2.45, 2.75) is 53.3 Å². The Morgan fingerprint density at radius 2 is 1.64 bits per heavy atom. The van der Waals surface area contributed by atoms with Crippen molar-refractivity contribution < 1.29 is 18.0 Å². The Labute approximate surface area is 127 Å². The molecule has 0 bridgehead atoms. The molecule has 0 aliphatic carbocycles. The van der Waals surface area contributed by atoms with Crippen LogP contribution in [0.15, 0.2) is 0 Å². The third-order valence-corrected chi connectivity index (χ3v) is 2.53. The lowest BCUT2D eigenvalue weighted by Gasteiger charge is -2.29. The van der Waals surface area contributed by atoms with Crippen molar-refractivity contribution in [2.24, 2.45) is 5.41 Å². The van der Waals surface area contributed by atoms with Crippen LogP contribution >= 0.6 is 0 Å². The minimum atomic E-state index is -4.49. The van der Waals surface area contributed by atoms with E-state index in [2.05, 4.69) is 15.4 Å². The molecule has 1 aromatic rings. The van der Waals surface area contributed by atoms with Gasteiger partial charge in [-0.2, -0.15) is 18.0 Å². The molecule has 0 saturated carbocycles. The van der Waals surface area contributed by atoms with Crippen molar-refractivity contribution in [3.05, 3.63) is 5.82 Å². The maximum Gasteiger partial charge on any atom is 0.406 e. The van der Waals surface area contributed by atoms with Crippen molar-refractivity contribution >= 4 is 5.91 Å². The lowest BCUT2D eigenvalue weighted by molar-refractivity contribution is -0.142. The van der Waals surface area contributed by atoms with Gasteiger partial charge in [0.2, 0.25) is 0 Å². The van der Waals surface area contributed by atoms with Crippen LogP contribution in [0.4, 0.5) is 13.2 Å². The second-order valence-corrected chi connectivity index (χ2v) is 7.41. The van der Waals surface area contributed by atoms with Crippen LogP contribution in [0, 0.1) is 5.41 Å². The van der Waals surface area contributed by atoms with Crippen molar-refractivity contribution in [1.82, 2.24) is 25.1 Å². The molecule has 0 aromatic carbocycles. The van der Waals surface area contributed by atoms with Crippen LogP contribution in [-0.4, -0.2) is 50.3 Å². The minimum absolute atomic E-state index is 0.0601. The highest BCUT2D eigenvalue weighted by atomic mass is 19.4. The normalized spacial score (nSPS) is 13.3. The summed E-state index contributed by atoms with van der Waals surface area (Å²) in [6.45, 7) is 9.25. The van der Waals surface area contributed by atoms with Gasteiger partial charge in [0.15, 0.2) is 0 Å². The monoisotopic (exact) mass is 321 g/mol. The smallest absolute Gasteiger partial charge is 0.326 e. The van der Waals surface area contributed by atoms with Crippen LogP contribution in [0.2, 0.25) is 0 Å². The van der Waals surface area contributed by atoms with E-state index in [4.69, 9.17) is 0 Å². The Morgan fingerprint density at radius 3 is 2.00 bits per heavy atom. The quantitative estimate of drug-likeness (QED) is 0.858. The number of alkyl halides is 3. The lowest BCUT2D eigenvalue weighted by atomic mass is 9.96. The number of hydrogen-bond acceptors (Lipinski definition) is 4. The van der Waals surface area contributed by atoms with E-state index in [9.17, 15) is 18.0 Å². The predicted octanol–water partition coefficient (Wildman–Crippen LogP) is 2.48. The van der Waals surface area contributed by atoms with Gasteiger partial charge in [-0.3, -0.25) is 4.79 Å². The van der Waals surface area contributed by atoms with Crippen LogP contribution in [0.25, 0.3) is 0 Å². The molecule has 1 heterocycles. The minimum Gasteiger partial charge on any atom is -0.326 e. The van der Waals surface area contributed by atoms with Crippen LogP contribution in [0.5, 0.6) is 0 Å². The predicted molar refractivity (Wildman–Crippen MR) is 74.2 cm³/mol. The largest absolute Gasteiger partial charge is 0.406 e. The molecule has 0 aliphatic heterocycles. The second kappa shape index (κ2) is 5.85. The van der Waals surface area contributed by atoms with Crippen molar-refractivity contribution in [3.8, 4) is 0 Å². The molecule has 126 valence electrons. The molecule has 22 heavy (non-hydrogen) atoms. The van der Waals surface area contributed by atoms with Gasteiger partial charge in [-0.05, 0) is 31.4 Å². The van der Waals surface area contributed by atoms with E-state index in [-0.39, 0.29) is 12.4 Å². The van der Waals surface area contributed by atoms with Gasteiger partial charge in [-0.15, -0.1) is 10.2 Å². The molecule has 6 nitrogen and oxygen atoms in total. The number of carbonyl (C=O) groups is 1. The molecule has 0 N–H and O–H groups in total. The fraction of sp³-hybridized carbons (Fsp3) is 0.846. The van der Waals surface area contributed by atoms with Gasteiger partial charge in [-0.1, -0.05) is 20.8 Å². The summed E-state index contributed by atoms with van der Waals surface area (Å²) in [5, 5.41) is 11.2. The third-order valence-electron chi connectivity index (χ3n) is 2.53. The summed E-state index contributed by atoms with van der Waals surface area (Å²) in [6.07, 6.45) is -4.49. The first-order valence-corrected chi connectivity index (χ1v) is 6.86. The van der Waals surface area contributed by atoms with Crippen molar-refractivity contribution in [2.75, 3.05) is 13.1 Å². The first kappa shape index (κ1) is 18.4. The number of tetrazole rings is 1. The van der Waals surface area contributed by atoms with E-state index in [1.807, 2.05) is 0 Å². The number of amides is 1. The Kier molecular flexibility index (Phi) is 4.88.